The predicted molar refractivity (Wildman–Crippen MR) is 95.8 cm³/mol. The average Bonchev–Trinajstić information content (AvgIpc) is 2.97. The summed E-state index contributed by atoms with van der Waals surface area (Å²) in [7, 11) is 0. The van der Waals surface area contributed by atoms with Crippen LogP contribution in [0.5, 0.6) is 0 Å². The number of likely N-dealkylation sites (tertiary alicyclic amines) is 1. The van der Waals surface area contributed by atoms with E-state index in [9.17, 15) is 0 Å². The zero-order valence-electron chi connectivity index (χ0n) is 14.0. The van der Waals surface area contributed by atoms with E-state index < -0.39 is 0 Å². The molecule has 24 heavy (non-hydrogen) atoms. The number of anilines is 1. The summed E-state index contributed by atoms with van der Waals surface area (Å²) in [4.78, 5) is 7.34. The number of aromatic nitrogens is 3. The lowest BCUT2D eigenvalue weighted by atomic mass is 9.94. The van der Waals surface area contributed by atoms with Gasteiger partial charge in [-0.1, -0.05) is 30.3 Å². The van der Waals surface area contributed by atoms with E-state index in [2.05, 4.69) is 40.3 Å². The van der Waals surface area contributed by atoms with Crippen molar-refractivity contribution < 1.29 is 0 Å². The third kappa shape index (κ3) is 2.99. The molecule has 0 aliphatic carbocycles. The monoisotopic (exact) mass is 321 g/mol. The van der Waals surface area contributed by atoms with Crippen LogP contribution in [0.15, 0.2) is 42.5 Å². The molecule has 4 rings (SSSR count). The van der Waals surface area contributed by atoms with Crippen molar-refractivity contribution in [2.24, 2.45) is 0 Å². The van der Waals surface area contributed by atoms with Crippen molar-refractivity contribution in [3.8, 4) is 0 Å². The maximum Gasteiger partial charge on any atom is 0.157 e. The van der Waals surface area contributed by atoms with E-state index in [1.807, 2.05) is 19.1 Å². The van der Waals surface area contributed by atoms with Gasteiger partial charge < -0.3 is 5.73 Å². The van der Waals surface area contributed by atoms with E-state index in [1.54, 1.807) is 4.52 Å². The first kappa shape index (κ1) is 15.1. The van der Waals surface area contributed by atoms with Crippen molar-refractivity contribution >= 4 is 11.5 Å². The number of nitrogens with two attached hydrogens (primary N) is 1. The molecule has 1 aliphatic heterocycles. The summed E-state index contributed by atoms with van der Waals surface area (Å²) in [5, 5.41) is 4.39. The molecule has 0 spiro atoms. The van der Waals surface area contributed by atoms with Gasteiger partial charge in [-0.15, -0.1) is 0 Å². The number of benzene rings is 1. The van der Waals surface area contributed by atoms with Crippen LogP contribution < -0.4 is 5.73 Å². The van der Waals surface area contributed by atoms with Crippen LogP contribution in [-0.2, 0) is 6.54 Å². The van der Waals surface area contributed by atoms with Gasteiger partial charge in [0, 0.05) is 31.1 Å². The van der Waals surface area contributed by atoms with Gasteiger partial charge >= 0.3 is 0 Å². The first-order chi connectivity index (χ1) is 11.7. The SMILES string of the molecule is Cc1cc2nc([C@@H]3CCCN(Cc4ccccc4)C3)cc(N)n2n1. The molecular formula is C19H23N5. The lowest BCUT2D eigenvalue weighted by molar-refractivity contribution is 0.198. The molecule has 3 heterocycles. The van der Waals surface area contributed by atoms with E-state index in [4.69, 9.17) is 10.7 Å². The molecular weight excluding hydrogens is 298 g/mol. The smallest absolute Gasteiger partial charge is 0.157 e. The maximum absolute atomic E-state index is 6.18. The van der Waals surface area contributed by atoms with Gasteiger partial charge in [-0.2, -0.15) is 9.61 Å². The van der Waals surface area contributed by atoms with Crippen molar-refractivity contribution in [1.29, 1.82) is 0 Å². The van der Waals surface area contributed by atoms with E-state index in [0.717, 1.165) is 36.7 Å². The number of aryl methyl sites for hydroxylation is 1. The Kier molecular flexibility index (Phi) is 3.94. The summed E-state index contributed by atoms with van der Waals surface area (Å²) >= 11 is 0. The van der Waals surface area contributed by atoms with Gasteiger partial charge in [-0.25, -0.2) is 4.98 Å². The highest BCUT2D eigenvalue weighted by Crippen LogP contribution is 2.28. The summed E-state index contributed by atoms with van der Waals surface area (Å²) in [6.07, 6.45) is 2.36. The molecule has 0 amide bonds. The number of hydrogen-bond acceptors (Lipinski definition) is 4. The molecule has 1 atom stereocenters. The molecule has 1 saturated heterocycles. The van der Waals surface area contributed by atoms with E-state index >= 15 is 0 Å². The molecule has 1 aliphatic rings. The first-order valence-corrected chi connectivity index (χ1v) is 8.58. The molecule has 5 heteroatoms. The van der Waals surface area contributed by atoms with Gasteiger partial charge in [0.1, 0.15) is 5.82 Å². The van der Waals surface area contributed by atoms with Crippen molar-refractivity contribution in [2.45, 2.75) is 32.2 Å². The van der Waals surface area contributed by atoms with Crippen molar-refractivity contribution in [2.75, 3.05) is 18.8 Å². The fourth-order valence-electron chi connectivity index (χ4n) is 3.62. The standard InChI is InChI=1S/C19H23N5/c1-14-10-19-21-17(11-18(20)24(19)22-14)16-8-5-9-23(13-16)12-15-6-3-2-4-7-15/h2-4,6-7,10-11,16H,5,8-9,12-13,20H2,1H3/t16-/m1/s1. The van der Waals surface area contributed by atoms with Gasteiger partial charge in [0.15, 0.2) is 5.65 Å². The van der Waals surface area contributed by atoms with Crippen LogP contribution in [0, 0.1) is 6.92 Å². The second-order valence-corrected chi connectivity index (χ2v) is 6.72. The number of piperidine rings is 1. The quantitative estimate of drug-likeness (QED) is 0.805. The fraction of sp³-hybridized carbons (Fsp3) is 0.368. The number of fused-ring (bicyclic) bond motifs is 1. The zero-order valence-corrected chi connectivity index (χ0v) is 14.0. The second-order valence-electron chi connectivity index (χ2n) is 6.72. The van der Waals surface area contributed by atoms with Crippen molar-refractivity contribution in [1.82, 2.24) is 19.5 Å². The number of hydrogen-bond donors (Lipinski definition) is 1. The van der Waals surface area contributed by atoms with Crippen LogP contribution >= 0.6 is 0 Å². The third-order valence-corrected chi connectivity index (χ3v) is 4.77. The van der Waals surface area contributed by atoms with Crippen LogP contribution in [0.25, 0.3) is 5.65 Å². The Morgan fingerprint density at radius 2 is 2.04 bits per heavy atom. The summed E-state index contributed by atoms with van der Waals surface area (Å²) in [6.45, 7) is 5.15. The van der Waals surface area contributed by atoms with Gasteiger partial charge in [0.05, 0.1) is 11.4 Å². The van der Waals surface area contributed by atoms with E-state index in [1.165, 1.54) is 18.4 Å². The Morgan fingerprint density at radius 1 is 1.21 bits per heavy atom. The Balaban J connectivity index is 1.55. The lowest BCUT2D eigenvalue weighted by Crippen LogP contribution is -2.34. The topological polar surface area (TPSA) is 59.5 Å². The highest BCUT2D eigenvalue weighted by Gasteiger charge is 2.23. The minimum Gasteiger partial charge on any atom is -0.384 e. The van der Waals surface area contributed by atoms with Crippen LogP contribution in [0.2, 0.25) is 0 Å². The third-order valence-electron chi connectivity index (χ3n) is 4.77. The summed E-state index contributed by atoms with van der Waals surface area (Å²) in [5.74, 6) is 1.10. The highest BCUT2D eigenvalue weighted by atomic mass is 15.3. The van der Waals surface area contributed by atoms with E-state index in [0.29, 0.717) is 11.7 Å². The van der Waals surface area contributed by atoms with Crippen molar-refractivity contribution in [3.63, 3.8) is 0 Å². The molecule has 2 N–H and O–H groups in total. The fourth-order valence-corrected chi connectivity index (χ4v) is 3.62. The van der Waals surface area contributed by atoms with Crippen LogP contribution in [0.4, 0.5) is 5.82 Å². The highest BCUT2D eigenvalue weighted by molar-refractivity contribution is 5.48. The minimum absolute atomic E-state index is 0.435. The Morgan fingerprint density at radius 3 is 2.88 bits per heavy atom. The van der Waals surface area contributed by atoms with Gasteiger partial charge in [-0.3, -0.25) is 4.90 Å². The largest absolute Gasteiger partial charge is 0.384 e. The number of nitrogen functional groups attached to an aromatic ring is 1. The molecule has 5 nitrogen and oxygen atoms in total. The van der Waals surface area contributed by atoms with Gasteiger partial charge in [-0.05, 0) is 31.9 Å². The molecule has 0 radical (unpaired) electrons. The maximum atomic E-state index is 6.18. The summed E-state index contributed by atoms with van der Waals surface area (Å²) in [5.41, 5.74) is 10.4. The summed E-state index contributed by atoms with van der Waals surface area (Å²) in [6, 6.07) is 14.7. The number of rotatable bonds is 3. The zero-order chi connectivity index (χ0) is 16.5. The normalized spacial score (nSPS) is 19.0. The molecule has 3 aromatic rings. The van der Waals surface area contributed by atoms with Crippen LogP contribution in [0.3, 0.4) is 0 Å². The molecule has 124 valence electrons. The molecule has 0 unspecified atom stereocenters. The van der Waals surface area contributed by atoms with Crippen molar-refractivity contribution in [3.05, 3.63) is 59.4 Å². The molecule has 0 saturated carbocycles. The lowest BCUT2D eigenvalue weighted by Gasteiger charge is -2.32. The molecule has 1 aromatic carbocycles. The molecule has 2 aromatic heterocycles. The van der Waals surface area contributed by atoms with Gasteiger partial charge in [0.25, 0.3) is 0 Å². The number of nitrogens with zero attached hydrogens (tertiary/aromatic N) is 4. The predicted octanol–water partition coefficient (Wildman–Crippen LogP) is 3.00. The summed E-state index contributed by atoms with van der Waals surface area (Å²) < 4.78 is 1.73. The Hall–Kier alpha value is -2.40. The first-order valence-electron chi connectivity index (χ1n) is 8.58. The van der Waals surface area contributed by atoms with E-state index in [-0.39, 0.29) is 0 Å². The molecule has 1 fully saturated rings. The van der Waals surface area contributed by atoms with Crippen LogP contribution in [-0.4, -0.2) is 32.6 Å². The van der Waals surface area contributed by atoms with Gasteiger partial charge in [0.2, 0.25) is 0 Å². The second kappa shape index (κ2) is 6.24. The minimum atomic E-state index is 0.435. The Labute approximate surface area is 142 Å². The van der Waals surface area contributed by atoms with Crippen LogP contribution in [0.1, 0.15) is 35.7 Å². The molecule has 0 bridgehead atoms. The Bertz CT molecular complexity index is 840. The average molecular weight is 321 g/mol.